The third-order valence-electron chi connectivity index (χ3n) is 6.70. The number of hydrogen-bond donors (Lipinski definition) is 2. The lowest BCUT2D eigenvalue weighted by Crippen LogP contribution is -2.58. The number of anilines is 1. The van der Waals surface area contributed by atoms with Crippen LogP contribution in [-0.2, 0) is 16.1 Å². The third kappa shape index (κ3) is 2.72. The van der Waals surface area contributed by atoms with Crippen LogP contribution in [0.5, 0.6) is 0 Å². The van der Waals surface area contributed by atoms with E-state index in [-0.39, 0.29) is 24.1 Å². The Hall–Kier alpha value is -2.41. The molecule has 1 aromatic carbocycles. The van der Waals surface area contributed by atoms with Gasteiger partial charge in [0.05, 0.1) is 0 Å². The van der Waals surface area contributed by atoms with Gasteiger partial charge < -0.3 is 15.1 Å². The Kier molecular flexibility index (Phi) is 3.75. The molecule has 1 aromatic rings. The molecule has 0 unspecified atom stereocenters. The molecule has 2 N–H and O–H groups in total. The van der Waals surface area contributed by atoms with Gasteiger partial charge in [-0.3, -0.25) is 19.7 Å². The molecule has 142 valence electrons. The number of benzene rings is 1. The van der Waals surface area contributed by atoms with Crippen molar-refractivity contribution in [3.8, 4) is 0 Å². The third-order valence-corrected chi connectivity index (χ3v) is 6.70. The van der Waals surface area contributed by atoms with Crippen molar-refractivity contribution < 1.29 is 14.4 Å². The van der Waals surface area contributed by atoms with Gasteiger partial charge in [0.25, 0.3) is 5.91 Å². The van der Waals surface area contributed by atoms with Crippen LogP contribution in [0, 0.1) is 5.41 Å². The minimum atomic E-state index is -0.549. The van der Waals surface area contributed by atoms with Crippen LogP contribution in [-0.4, -0.2) is 54.8 Å². The summed E-state index contributed by atoms with van der Waals surface area (Å²) in [5.41, 5.74) is 3.33. The first-order valence-corrected chi connectivity index (χ1v) is 9.78. The number of hydrogen-bond acceptors (Lipinski definition) is 5. The van der Waals surface area contributed by atoms with E-state index in [1.54, 1.807) is 4.90 Å². The zero-order valence-corrected chi connectivity index (χ0v) is 15.3. The first-order chi connectivity index (χ1) is 13.0. The summed E-state index contributed by atoms with van der Waals surface area (Å²) < 4.78 is 0. The molecule has 0 radical (unpaired) electrons. The number of carbonyl (C=O) groups excluding carboxylic acids is 3. The van der Waals surface area contributed by atoms with Gasteiger partial charge in [-0.25, -0.2) is 0 Å². The first kappa shape index (κ1) is 16.7. The van der Waals surface area contributed by atoms with Crippen molar-refractivity contribution in [2.45, 2.75) is 38.3 Å². The van der Waals surface area contributed by atoms with Gasteiger partial charge in [-0.05, 0) is 48.4 Å². The minimum Gasteiger partial charge on any atom is -0.371 e. The largest absolute Gasteiger partial charge is 0.371 e. The summed E-state index contributed by atoms with van der Waals surface area (Å²) in [5.74, 6) is -0.723. The number of amides is 3. The zero-order valence-electron chi connectivity index (χ0n) is 15.3. The fourth-order valence-electron chi connectivity index (χ4n) is 4.83. The van der Waals surface area contributed by atoms with E-state index in [1.165, 1.54) is 12.8 Å². The molecular formula is C20H24N4O3. The van der Waals surface area contributed by atoms with E-state index < -0.39 is 6.04 Å². The molecule has 0 aromatic heterocycles. The van der Waals surface area contributed by atoms with Gasteiger partial charge in [0.1, 0.15) is 6.04 Å². The monoisotopic (exact) mass is 368 g/mol. The van der Waals surface area contributed by atoms with Gasteiger partial charge >= 0.3 is 0 Å². The highest BCUT2D eigenvalue weighted by atomic mass is 16.2. The average molecular weight is 368 g/mol. The molecule has 3 saturated heterocycles. The lowest BCUT2D eigenvalue weighted by atomic mass is 9.73. The standard InChI is InChI=1S/C20H24N4O3/c25-17-4-3-16(18(26)22-17)24-10-13-9-14(1-2-15(13)19(24)27)23-7-5-20(6-8-23)11-21-12-20/h1-2,9,16,21H,3-8,10-12H2,(H,22,25,26)/t16-/m0/s1. The first-order valence-electron chi connectivity index (χ1n) is 9.78. The fraction of sp³-hybridized carbons (Fsp3) is 0.550. The number of fused-ring (bicyclic) bond motifs is 1. The Balaban J connectivity index is 1.32. The van der Waals surface area contributed by atoms with Crippen LogP contribution in [0.2, 0.25) is 0 Å². The fourth-order valence-corrected chi connectivity index (χ4v) is 4.83. The van der Waals surface area contributed by atoms with E-state index in [9.17, 15) is 14.4 Å². The Labute approximate surface area is 158 Å². The molecule has 3 fully saturated rings. The summed E-state index contributed by atoms with van der Waals surface area (Å²) in [6, 6.07) is 5.48. The molecule has 4 heterocycles. The number of imide groups is 1. The number of carbonyl (C=O) groups is 3. The Morgan fingerprint density at radius 3 is 2.52 bits per heavy atom. The molecular weight excluding hydrogens is 344 g/mol. The van der Waals surface area contributed by atoms with Crippen molar-refractivity contribution in [1.82, 2.24) is 15.5 Å². The topological polar surface area (TPSA) is 81.8 Å². The van der Waals surface area contributed by atoms with Crippen LogP contribution in [0.4, 0.5) is 5.69 Å². The second-order valence-electron chi connectivity index (χ2n) is 8.33. The molecule has 1 spiro atoms. The maximum Gasteiger partial charge on any atom is 0.255 e. The molecule has 1 atom stereocenters. The van der Waals surface area contributed by atoms with Crippen molar-refractivity contribution in [3.63, 3.8) is 0 Å². The molecule has 5 rings (SSSR count). The summed E-state index contributed by atoms with van der Waals surface area (Å²) >= 11 is 0. The Morgan fingerprint density at radius 1 is 1.07 bits per heavy atom. The van der Waals surface area contributed by atoms with Crippen LogP contribution < -0.4 is 15.5 Å². The van der Waals surface area contributed by atoms with E-state index in [1.807, 2.05) is 12.1 Å². The van der Waals surface area contributed by atoms with Crippen molar-refractivity contribution in [3.05, 3.63) is 29.3 Å². The van der Waals surface area contributed by atoms with Crippen molar-refractivity contribution in [2.75, 3.05) is 31.1 Å². The van der Waals surface area contributed by atoms with E-state index in [4.69, 9.17) is 0 Å². The van der Waals surface area contributed by atoms with Crippen molar-refractivity contribution in [2.24, 2.45) is 5.41 Å². The number of piperidine rings is 2. The summed E-state index contributed by atoms with van der Waals surface area (Å²) in [6.45, 7) is 4.81. The number of nitrogens with zero attached hydrogens (tertiary/aromatic N) is 2. The zero-order chi connectivity index (χ0) is 18.6. The van der Waals surface area contributed by atoms with Crippen LogP contribution in [0.1, 0.15) is 41.6 Å². The highest BCUT2D eigenvalue weighted by Gasteiger charge is 2.41. The second-order valence-corrected chi connectivity index (χ2v) is 8.33. The van der Waals surface area contributed by atoms with E-state index in [0.717, 1.165) is 37.4 Å². The summed E-state index contributed by atoms with van der Waals surface area (Å²) in [6.07, 6.45) is 3.10. The Bertz CT molecular complexity index is 823. The lowest BCUT2D eigenvalue weighted by molar-refractivity contribution is -0.136. The molecule has 3 amide bonds. The minimum absolute atomic E-state index is 0.107. The lowest BCUT2D eigenvalue weighted by Gasteiger charge is -2.49. The van der Waals surface area contributed by atoms with Gasteiger partial charge in [0, 0.05) is 50.4 Å². The quantitative estimate of drug-likeness (QED) is 0.749. The van der Waals surface area contributed by atoms with Gasteiger partial charge in [-0.1, -0.05) is 0 Å². The van der Waals surface area contributed by atoms with E-state index in [2.05, 4.69) is 21.6 Å². The van der Waals surface area contributed by atoms with Gasteiger partial charge in [-0.2, -0.15) is 0 Å². The normalized spacial score (nSPS) is 26.8. The van der Waals surface area contributed by atoms with Crippen LogP contribution in [0.15, 0.2) is 18.2 Å². The predicted molar refractivity (Wildman–Crippen MR) is 99.2 cm³/mol. The summed E-state index contributed by atoms with van der Waals surface area (Å²) in [4.78, 5) is 40.3. The molecule has 7 nitrogen and oxygen atoms in total. The summed E-state index contributed by atoms with van der Waals surface area (Å²) in [5, 5.41) is 5.74. The molecule has 27 heavy (non-hydrogen) atoms. The smallest absolute Gasteiger partial charge is 0.255 e. The highest BCUT2D eigenvalue weighted by Crippen LogP contribution is 2.37. The molecule has 4 aliphatic rings. The van der Waals surface area contributed by atoms with Crippen LogP contribution >= 0.6 is 0 Å². The molecule has 0 bridgehead atoms. The SMILES string of the molecule is O=C1CC[C@H](N2Cc3cc(N4CCC5(CC4)CNC5)ccc3C2=O)C(=O)N1. The number of rotatable bonds is 2. The summed E-state index contributed by atoms with van der Waals surface area (Å²) in [7, 11) is 0. The van der Waals surface area contributed by atoms with Crippen molar-refractivity contribution in [1.29, 1.82) is 0 Å². The van der Waals surface area contributed by atoms with Gasteiger partial charge in [0.2, 0.25) is 11.8 Å². The van der Waals surface area contributed by atoms with Gasteiger partial charge in [-0.15, -0.1) is 0 Å². The second kappa shape index (κ2) is 6.05. The molecule has 0 saturated carbocycles. The van der Waals surface area contributed by atoms with Crippen molar-refractivity contribution >= 4 is 23.4 Å². The van der Waals surface area contributed by atoms with Crippen LogP contribution in [0.25, 0.3) is 0 Å². The molecule has 7 heteroatoms. The average Bonchev–Trinajstić information content (AvgIpc) is 2.96. The highest BCUT2D eigenvalue weighted by molar-refractivity contribution is 6.05. The van der Waals surface area contributed by atoms with Crippen LogP contribution in [0.3, 0.4) is 0 Å². The molecule has 4 aliphatic heterocycles. The maximum atomic E-state index is 12.8. The number of nitrogens with one attached hydrogen (secondary N) is 2. The molecule has 0 aliphatic carbocycles. The Morgan fingerprint density at radius 2 is 1.85 bits per heavy atom. The maximum absolute atomic E-state index is 12.8. The predicted octanol–water partition coefficient (Wildman–Crippen LogP) is 0.637. The van der Waals surface area contributed by atoms with E-state index in [0.29, 0.717) is 23.9 Å². The van der Waals surface area contributed by atoms with Gasteiger partial charge in [0.15, 0.2) is 0 Å². The van der Waals surface area contributed by atoms with E-state index >= 15 is 0 Å².